The summed E-state index contributed by atoms with van der Waals surface area (Å²) in [7, 11) is -1.82. The molecule has 2 aromatic rings. The zero-order chi connectivity index (χ0) is 20.9. The molecule has 0 aliphatic rings. The lowest BCUT2D eigenvalue weighted by molar-refractivity contribution is -0.121. The summed E-state index contributed by atoms with van der Waals surface area (Å²) in [6.45, 7) is 8.11. The molecular weight excluding hydrogens is 380 g/mol. The Balaban J connectivity index is 1.88. The molecule has 1 heterocycles. The fourth-order valence-electron chi connectivity index (χ4n) is 3.07. The van der Waals surface area contributed by atoms with Crippen LogP contribution in [0.15, 0.2) is 29.2 Å². The molecule has 154 valence electrons. The van der Waals surface area contributed by atoms with Gasteiger partial charge in [-0.2, -0.15) is 5.10 Å². The number of aromatic nitrogens is 2. The molecule has 9 heteroatoms. The van der Waals surface area contributed by atoms with E-state index in [0.29, 0.717) is 12.4 Å². The first kappa shape index (κ1) is 21.9. The van der Waals surface area contributed by atoms with Gasteiger partial charge in [-0.05, 0) is 52.0 Å². The van der Waals surface area contributed by atoms with Gasteiger partial charge in [0.1, 0.15) is 5.75 Å². The average Bonchev–Trinajstić information content (AvgIpc) is 2.87. The Morgan fingerprint density at radius 1 is 1.25 bits per heavy atom. The highest BCUT2D eigenvalue weighted by molar-refractivity contribution is 7.89. The minimum Gasteiger partial charge on any atom is -0.494 e. The van der Waals surface area contributed by atoms with Crippen LogP contribution >= 0.6 is 0 Å². The van der Waals surface area contributed by atoms with E-state index < -0.39 is 10.0 Å². The molecule has 1 unspecified atom stereocenters. The van der Waals surface area contributed by atoms with Gasteiger partial charge in [0.15, 0.2) is 0 Å². The number of nitrogens with zero attached hydrogens (tertiary/aromatic N) is 2. The number of hydrogen-bond donors (Lipinski definition) is 2. The predicted molar refractivity (Wildman–Crippen MR) is 107 cm³/mol. The summed E-state index contributed by atoms with van der Waals surface area (Å²) < 4.78 is 34.2. The van der Waals surface area contributed by atoms with Crippen molar-refractivity contribution < 1.29 is 17.9 Å². The molecule has 8 nitrogen and oxygen atoms in total. The molecule has 0 aliphatic heterocycles. The van der Waals surface area contributed by atoms with E-state index in [1.54, 1.807) is 16.8 Å². The first-order valence-corrected chi connectivity index (χ1v) is 10.7. The number of benzene rings is 1. The average molecular weight is 409 g/mol. The Labute approximate surface area is 166 Å². The van der Waals surface area contributed by atoms with Crippen LogP contribution in [0.3, 0.4) is 0 Å². The molecular formula is C19H28N4O4S. The van der Waals surface area contributed by atoms with E-state index in [2.05, 4.69) is 15.1 Å². The number of aryl methyl sites for hydroxylation is 2. The lowest BCUT2D eigenvalue weighted by Crippen LogP contribution is -2.32. The second-order valence-electron chi connectivity index (χ2n) is 6.55. The molecule has 1 amide bonds. The number of sulfonamides is 1. The predicted octanol–water partition coefficient (Wildman–Crippen LogP) is 1.98. The Bertz CT molecular complexity index is 920. The zero-order valence-corrected chi connectivity index (χ0v) is 17.8. The van der Waals surface area contributed by atoms with E-state index >= 15 is 0 Å². The molecule has 0 aliphatic carbocycles. The minimum absolute atomic E-state index is 0.0130. The van der Waals surface area contributed by atoms with Crippen molar-refractivity contribution in [1.29, 1.82) is 0 Å². The molecule has 0 radical (unpaired) electrons. The monoisotopic (exact) mass is 408 g/mol. The quantitative estimate of drug-likeness (QED) is 0.661. The van der Waals surface area contributed by atoms with Gasteiger partial charge < -0.3 is 10.1 Å². The van der Waals surface area contributed by atoms with Crippen LogP contribution in [0.4, 0.5) is 0 Å². The first-order chi connectivity index (χ1) is 13.2. The molecule has 0 fully saturated rings. The highest BCUT2D eigenvalue weighted by Crippen LogP contribution is 2.20. The van der Waals surface area contributed by atoms with Crippen molar-refractivity contribution >= 4 is 15.9 Å². The van der Waals surface area contributed by atoms with Crippen molar-refractivity contribution in [2.75, 3.05) is 13.2 Å². The zero-order valence-electron chi connectivity index (χ0n) is 16.9. The van der Waals surface area contributed by atoms with Gasteiger partial charge >= 0.3 is 0 Å². The fraction of sp³-hybridized carbons (Fsp3) is 0.474. The van der Waals surface area contributed by atoms with Gasteiger partial charge in [0, 0.05) is 31.3 Å². The number of carbonyl (C=O) groups excluding carboxylic acids is 1. The number of nitrogens with one attached hydrogen (secondary N) is 2. The van der Waals surface area contributed by atoms with Crippen LogP contribution in [-0.4, -0.2) is 37.3 Å². The molecule has 28 heavy (non-hydrogen) atoms. The topological polar surface area (TPSA) is 102 Å². The number of carbonyl (C=O) groups is 1. The molecule has 0 bridgehead atoms. The molecule has 0 spiro atoms. The van der Waals surface area contributed by atoms with Crippen molar-refractivity contribution in [3.63, 3.8) is 0 Å². The third-order valence-corrected chi connectivity index (χ3v) is 5.94. The summed E-state index contributed by atoms with van der Waals surface area (Å²) in [4.78, 5) is 12.3. The van der Waals surface area contributed by atoms with Gasteiger partial charge in [-0.3, -0.25) is 9.48 Å². The Kier molecular flexibility index (Phi) is 7.20. The van der Waals surface area contributed by atoms with Crippen molar-refractivity contribution in [3.8, 4) is 5.75 Å². The van der Waals surface area contributed by atoms with Crippen LogP contribution in [0.25, 0.3) is 0 Å². The molecule has 1 atom stereocenters. The number of amides is 1. The SMILES string of the molecule is CCOc1ccc(S(=O)(=O)NCCC(=O)NC(C)c2c(C)nn(C)c2C)cc1. The first-order valence-electron chi connectivity index (χ1n) is 9.17. The van der Waals surface area contributed by atoms with E-state index in [0.717, 1.165) is 17.0 Å². The largest absolute Gasteiger partial charge is 0.494 e. The molecule has 2 rings (SSSR count). The van der Waals surface area contributed by atoms with Crippen molar-refractivity contribution in [3.05, 3.63) is 41.2 Å². The highest BCUT2D eigenvalue weighted by atomic mass is 32.2. The summed E-state index contributed by atoms with van der Waals surface area (Å²) in [6, 6.07) is 5.95. The summed E-state index contributed by atoms with van der Waals surface area (Å²) in [5.41, 5.74) is 2.83. The number of rotatable bonds is 9. The van der Waals surface area contributed by atoms with E-state index in [4.69, 9.17) is 4.74 Å². The molecule has 0 saturated heterocycles. The van der Waals surface area contributed by atoms with Crippen molar-refractivity contribution in [1.82, 2.24) is 19.8 Å². The van der Waals surface area contributed by atoms with Crippen molar-refractivity contribution in [2.24, 2.45) is 7.05 Å². The normalized spacial score (nSPS) is 12.6. The minimum atomic E-state index is -3.68. The van der Waals surface area contributed by atoms with Gasteiger partial charge in [0.2, 0.25) is 15.9 Å². The van der Waals surface area contributed by atoms with Gasteiger partial charge in [0.05, 0.1) is 23.2 Å². The van der Waals surface area contributed by atoms with Gasteiger partial charge in [-0.25, -0.2) is 13.1 Å². The van der Waals surface area contributed by atoms with E-state index in [-0.39, 0.29) is 29.8 Å². The van der Waals surface area contributed by atoms with Gasteiger partial charge in [-0.15, -0.1) is 0 Å². The van der Waals surface area contributed by atoms with E-state index in [9.17, 15) is 13.2 Å². The Morgan fingerprint density at radius 2 is 1.89 bits per heavy atom. The second-order valence-corrected chi connectivity index (χ2v) is 8.32. The molecule has 0 saturated carbocycles. The van der Waals surface area contributed by atoms with Crippen LogP contribution < -0.4 is 14.8 Å². The van der Waals surface area contributed by atoms with Crippen LogP contribution in [0.5, 0.6) is 5.75 Å². The number of hydrogen-bond acceptors (Lipinski definition) is 5. The maximum absolute atomic E-state index is 12.3. The Hall–Kier alpha value is -2.39. The van der Waals surface area contributed by atoms with Crippen LogP contribution in [0, 0.1) is 13.8 Å². The van der Waals surface area contributed by atoms with Gasteiger partial charge in [0.25, 0.3) is 0 Å². The third-order valence-electron chi connectivity index (χ3n) is 4.46. The fourth-order valence-corrected chi connectivity index (χ4v) is 4.10. The lowest BCUT2D eigenvalue weighted by atomic mass is 10.1. The maximum Gasteiger partial charge on any atom is 0.240 e. The highest BCUT2D eigenvalue weighted by Gasteiger charge is 2.19. The molecule has 2 N–H and O–H groups in total. The van der Waals surface area contributed by atoms with Crippen LogP contribution in [-0.2, 0) is 21.9 Å². The maximum atomic E-state index is 12.3. The summed E-state index contributed by atoms with van der Waals surface area (Å²) in [6.07, 6.45) is 0.0406. The molecule has 1 aromatic heterocycles. The lowest BCUT2D eigenvalue weighted by Gasteiger charge is -2.15. The second kappa shape index (κ2) is 9.20. The van der Waals surface area contributed by atoms with Crippen LogP contribution in [0.1, 0.15) is 43.3 Å². The van der Waals surface area contributed by atoms with Crippen LogP contribution in [0.2, 0.25) is 0 Å². The number of ether oxygens (including phenoxy) is 1. The Morgan fingerprint density at radius 3 is 2.43 bits per heavy atom. The molecule has 1 aromatic carbocycles. The third kappa shape index (κ3) is 5.32. The van der Waals surface area contributed by atoms with Crippen molar-refractivity contribution in [2.45, 2.75) is 45.1 Å². The standard InChI is InChI=1S/C19H28N4O4S/c1-6-27-16-7-9-17(10-8-16)28(25,26)20-12-11-18(24)21-13(2)19-14(3)22-23(5)15(19)4/h7-10,13,20H,6,11-12H2,1-5H3,(H,21,24). The van der Waals surface area contributed by atoms with E-state index in [1.165, 1.54) is 12.1 Å². The van der Waals surface area contributed by atoms with E-state index in [1.807, 2.05) is 34.7 Å². The smallest absolute Gasteiger partial charge is 0.240 e. The summed E-state index contributed by atoms with van der Waals surface area (Å²) in [5, 5.41) is 7.24. The summed E-state index contributed by atoms with van der Waals surface area (Å²) >= 11 is 0. The van der Waals surface area contributed by atoms with Gasteiger partial charge in [-0.1, -0.05) is 0 Å². The summed E-state index contributed by atoms with van der Waals surface area (Å²) in [5.74, 6) is 0.375.